The summed E-state index contributed by atoms with van der Waals surface area (Å²) in [6, 6.07) is 18.7. The first-order chi connectivity index (χ1) is 13.7. The van der Waals surface area contributed by atoms with Gasteiger partial charge in [0.05, 0.1) is 6.04 Å². The van der Waals surface area contributed by atoms with Crippen molar-refractivity contribution in [3.63, 3.8) is 0 Å². The van der Waals surface area contributed by atoms with Crippen LogP contribution in [-0.4, -0.2) is 14.5 Å². The van der Waals surface area contributed by atoms with Crippen molar-refractivity contribution in [1.29, 1.82) is 0 Å². The smallest absolute Gasteiger partial charge is 0.251 e. The lowest BCUT2D eigenvalue weighted by Gasteiger charge is -2.30. The van der Waals surface area contributed by atoms with Crippen LogP contribution in [0.5, 0.6) is 0 Å². The summed E-state index contributed by atoms with van der Waals surface area (Å²) in [5, 5.41) is 0. The number of pyridine rings is 3. The number of nitrogens with zero attached hydrogens (tertiary/aromatic N) is 3. The van der Waals surface area contributed by atoms with E-state index in [1.54, 1.807) is 53.8 Å². The summed E-state index contributed by atoms with van der Waals surface area (Å²) in [4.78, 5) is 21.2. The monoisotopic (exact) mass is 371 g/mol. The van der Waals surface area contributed by atoms with E-state index in [0.717, 1.165) is 16.7 Å². The van der Waals surface area contributed by atoms with Crippen LogP contribution in [0.3, 0.4) is 0 Å². The fourth-order valence-electron chi connectivity index (χ4n) is 3.52. The lowest BCUT2D eigenvalue weighted by Crippen LogP contribution is -2.29. The molecule has 0 saturated heterocycles. The summed E-state index contributed by atoms with van der Waals surface area (Å²) in [6.07, 6.45) is 8.72. The van der Waals surface area contributed by atoms with Crippen LogP contribution < -0.4 is 5.56 Å². The van der Waals surface area contributed by atoms with Gasteiger partial charge in [0.25, 0.3) is 5.56 Å². The Morgan fingerprint density at radius 3 is 2.04 bits per heavy atom. The molecule has 2 atom stereocenters. The van der Waals surface area contributed by atoms with E-state index in [-0.39, 0.29) is 23.3 Å². The van der Waals surface area contributed by atoms with Crippen molar-refractivity contribution in [2.24, 2.45) is 0 Å². The maximum absolute atomic E-state index is 13.6. The number of rotatable bonds is 5. The molecule has 0 amide bonds. The predicted octanol–water partition coefficient (Wildman–Crippen LogP) is 4.20. The molecule has 138 valence electrons. The van der Waals surface area contributed by atoms with Gasteiger partial charge in [0.1, 0.15) is 5.82 Å². The number of hydrogen-bond donors (Lipinski definition) is 0. The van der Waals surface area contributed by atoms with Crippen molar-refractivity contribution in [2.75, 3.05) is 0 Å². The van der Waals surface area contributed by atoms with Crippen molar-refractivity contribution >= 4 is 0 Å². The zero-order valence-electron chi connectivity index (χ0n) is 15.0. The van der Waals surface area contributed by atoms with E-state index in [2.05, 4.69) is 9.97 Å². The van der Waals surface area contributed by atoms with Gasteiger partial charge in [0.15, 0.2) is 0 Å². The average molecular weight is 371 g/mol. The average Bonchev–Trinajstić information content (AvgIpc) is 2.75. The third kappa shape index (κ3) is 3.60. The molecule has 28 heavy (non-hydrogen) atoms. The molecular weight excluding hydrogens is 353 g/mol. The first kappa shape index (κ1) is 17.8. The second kappa shape index (κ2) is 7.96. The maximum Gasteiger partial charge on any atom is 0.251 e. The summed E-state index contributed by atoms with van der Waals surface area (Å²) in [5.74, 6) is -0.554. The number of benzene rings is 1. The number of halogens is 1. The Morgan fingerprint density at radius 2 is 1.43 bits per heavy atom. The molecule has 5 heteroatoms. The van der Waals surface area contributed by atoms with Gasteiger partial charge in [-0.3, -0.25) is 14.8 Å². The topological polar surface area (TPSA) is 47.8 Å². The normalized spacial score (nSPS) is 13.0. The molecular formula is C23H18FN3O. The Kier molecular flexibility index (Phi) is 5.06. The van der Waals surface area contributed by atoms with Crippen LogP contribution in [0.15, 0.2) is 103 Å². The molecule has 0 aliphatic rings. The van der Waals surface area contributed by atoms with Crippen LogP contribution in [-0.2, 0) is 0 Å². The Hall–Kier alpha value is -3.60. The lowest BCUT2D eigenvalue weighted by molar-refractivity contribution is 0.504. The van der Waals surface area contributed by atoms with E-state index in [9.17, 15) is 9.18 Å². The SMILES string of the molecule is O=c1ccccn1C(c1cccnc1)C(c1ccc(F)cc1)c1cccnc1. The van der Waals surface area contributed by atoms with E-state index < -0.39 is 0 Å². The molecule has 0 fully saturated rings. The van der Waals surface area contributed by atoms with Crippen LogP contribution in [0.25, 0.3) is 0 Å². The quantitative estimate of drug-likeness (QED) is 0.528. The van der Waals surface area contributed by atoms with Gasteiger partial charge < -0.3 is 4.57 Å². The Balaban J connectivity index is 1.97. The van der Waals surface area contributed by atoms with Gasteiger partial charge in [-0.15, -0.1) is 0 Å². The predicted molar refractivity (Wildman–Crippen MR) is 106 cm³/mol. The summed E-state index contributed by atoms with van der Waals surface area (Å²) in [7, 11) is 0. The molecule has 0 saturated carbocycles. The fraction of sp³-hybridized carbons (Fsp3) is 0.0870. The molecule has 0 N–H and O–H groups in total. The van der Waals surface area contributed by atoms with Gasteiger partial charge in [0.2, 0.25) is 0 Å². The summed E-state index contributed by atoms with van der Waals surface area (Å²) >= 11 is 0. The summed E-state index contributed by atoms with van der Waals surface area (Å²) < 4.78 is 15.3. The van der Waals surface area contributed by atoms with Crippen molar-refractivity contribution < 1.29 is 4.39 Å². The first-order valence-electron chi connectivity index (χ1n) is 8.96. The highest BCUT2D eigenvalue weighted by Gasteiger charge is 2.29. The second-order valence-electron chi connectivity index (χ2n) is 6.49. The summed E-state index contributed by atoms with van der Waals surface area (Å²) in [5.41, 5.74) is 2.58. The zero-order valence-corrected chi connectivity index (χ0v) is 15.0. The molecule has 0 aliphatic carbocycles. The van der Waals surface area contributed by atoms with Crippen molar-refractivity contribution in [2.45, 2.75) is 12.0 Å². The Morgan fingerprint density at radius 1 is 0.750 bits per heavy atom. The van der Waals surface area contributed by atoms with E-state index in [1.165, 1.54) is 18.2 Å². The van der Waals surface area contributed by atoms with Gasteiger partial charge in [-0.1, -0.05) is 30.3 Å². The van der Waals surface area contributed by atoms with Crippen molar-refractivity contribution in [3.05, 3.63) is 131 Å². The molecule has 4 aromatic rings. The standard InChI is InChI=1S/C23H18FN3O/c24-20-10-8-17(9-11-20)22(18-5-3-12-25-15-18)23(19-6-4-13-26-16-19)27-14-2-1-7-21(27)28/h1-16,22-23H. The van der Waals surface area contributed by atoms with Crippen LogP contribution in [0.4, 0.5) is 4.39 Å². The van der Waals surface area contributed by atoms with Crippen LogP contribution >= 0.6 is 0 Å². The molecule has 0 aliphatic heterocycles. The molecule has 0 spiro atoms. The fourth-order valence-corrected chi connectivity index (χ4v) is 3.52. The van der Waals surface area contributed by atoms with Gasteiger partial charge in [-0.05, 0) is 47.0 Å². The van der Waals surface area contributed by atoms with Gasteiger partial charge >= 0.3 is 0 Å². The van der Waals surface area contributed by atoms with Crippen LogP contribution in [0, 0.1) is 5.82 Å². The van der Waals surface area contributed by atoms with Gasteiger partial charge in [-0.2, -0.15) is 0 Å². The zero-order chi connectivity index (χ0) is 19.3. The second-order valence-corrected chi connectivity index (χ2v) is 6.49. The van der Waals surface area contributed by atoms with Gasteiger partial charge in [-0.25, -0.2) is 4.39 Å². The van der Waals surface area contributed by atoms with Crippen LogP contribution in [0.1, 0.15) is 28.7 Å². The first-order valence-corrected chi connectivity index (χ1v) is 8.96. The minimum absolute atomic E-state index is 0.118. The Labute approximate surface area is 162 Å². The molecule has 2 unspecified atom stereocenters. The lowest BCUT2D eigenvalue weighted by atomic mass is 9.82. The number of hydrogen-bond acceptors (Lipinski definition) is 3. The minimum atomic E-state index is -0.364. The Bertz CT molecular complexity index is 1100. The molecule has 4 nitrogen and oxygen atoms in total. The highest BCUT2D eigenvalue weighted by Crippen LogP contribution is 2.38. The molecule has 0 radical (unpaired) electrons. The number of aromatic nitrogens is 3. The molecule has 1 aromatic carbocycles. The largest absolute Gasteiger partial charge is 0.307 e. The van der Waals surface area contributed by atoms with Gasteiger partial charge in [0, 0.05) is 43.0 Å². The molecule has 3 aromatic heterocycles. The van der Waals surface area contributed by atoms with E-state index in [1.807, 2.05) is 30.3 Å². The molecule has 4 rings (SSSR count). The van der Waals surface area contributed by atoms with Crippen molar-refractivity contribution in [1.82, 2.24) is 14.5 Å². The minimum Gasteiger partial charge on any atom is -0.307 e. The van der Waals surface area contributed by atoms with E-state index >= 15 is 0 Å². The highest BCUT2D eigenvalue weighted by molar-refractivity contribution is 5.37. The molecule has 3 heterocycles. The summed E-state index contributed by atoms with van der Waals surface area (Å²) in [6.45, 7) is 0. The van der Waals surface area contributed by atoms with Crippen molar-refractivity contribution in [3.8, 4) is 0 Å². The third-order valence-corrected chi connectivity index (χ3v) is 4.77. The van der Waals surface area contributed by atoms with E-state index in [4.69, 9.17) is 0 Å². The van der Waals surface area contributed by atoms with E-state index in [0.29, 0.717) is 0 Å². The van der Waals surface area contributed by atoms with Crippen LogP contribution in [0.2, 0.25) is 0 Å². The highest BCUT2D eigenvalue weighted by atomic mass is 19.1. The molecule has 0 bridgehead atoms. The maximum atomic E-state index is 13.6. The third-order valence-electron chi connectivity index (χ3n) is 4.77.